The first-order valence-corrected chi connectivity index (χ1v) is 5.25. The molecule has 17 heavy (non-hydrogen) atoms. The van der Waals surface area contributed by atoms with E-state index in [9.17, 15) is 9.59 Å². The summed E-state index contributed by atoms with van der Waals surface area (Å²) in [5, 5.41) is 0. The van der Waals surface area contributed by atoms with Gasteiger partial charge in [-0.05, 0) is 30.7 Å². The van der Waals surface area contributed by atoms with Crippen molar-refractivity contribution in [2.75, 3.05) is 6.61 Å². The summed E-state index contributed by atoms with van der Waals surface area (Å²) in [6, 6.07) is 6.87. The first kappa shape index (κ1) is 13.0. The molecule has 0 saturated carbocycles. The van der Waals surface area contributed by atoms with Crippen LogP contribution in [0.15, 0.2) is 30.3 Å². The minimum atomic E-state index is -0.398. The number of esters is 2. The molecule has 0 atom stereocenters. The van der Waals surface area contributed by atoms with E-state index in [1.165, 1.54) is 13.0 Å². The van der Waals surface area contributed by atoms with E-state index in [0.717, 1.165) is 5.56 Å². The van der Waals surface area contributed by atoms with Gasteiger partial charge in [-0.25, -0.2) is 4.79 Å². The lowest BCUT2D eigenvalue weighted by atomic mass is 10.2. The molecule has 0 fully saturated rings. The van der Waals surface area contributed by atoms with Crippen molar-refractivity contribution in [2.45, 2.75) is 13.8 Å². The molecular formula is C13H14O4. The highest BCUT2D eigenvalue weighted by Crippen LogP contribution is 2.14. The molecule has 0 amide bonds. The average Bonchev–Trinajstić information content (AvgIpc) is 2.26. The zero-order valence-corrected chi connectivity index (χ0v) is 9.80. The molecule has 0 bridgehead atoms. The summed E-state index contributed by atoms with van der Waals surface area (Å²) in [6.45, 7) is 3.42. The quantitative estimate of drug-likeness (QED) is 0.455. The summed E-state index contributed by atoms with van der Waals surface area (Å²) in [5.74, 6) is -0.328. The number of ether oxygens (including phenoxy) is 2. The Kier molecular flexibility index (Phi) is 4.94. The minimum Gasteiger partial charge on any atom is -0.463 e. The highest BCUT2D eigenvalue weighted by atomic mass is 16.5. The van der Waals surface area contributed by atoms with E-state index in [2.05, 4.69) is 0 Å². The van der Waals surface area contributed by atoms with Crippen LogP contribution in [0.4, 0.5) is 0 Å². The Labute approximate surface area is 99.8 Å². The third-order valence-electron chi connectivity index (χ3n) is 1.82. The van der Waals surface area contributed by atoms with Crippen molar-refractivity contribution in [2.24, 2.45) is 0 Å². The van der Waals surface area contributed by atoms with Crippen molar-refractivity contribution in [3.63, 3.8) is 0 Å². The summed E-state index contributed by atoms with van der Waals surface area (Å²) < 4.78 is 9.67. The lowest BCUT2D eigenvalue weighted by molar-refractivity contribution is -0.137. The van der Waals surface area contributed by atoms with Gasteiger partial charge in [0, 0.05) is 13.0 Å². The highest BCUT2D eigenvalue weighted by Gasteiger charge is 1.99. The number of carbonyl (C=O) groups is 2. The van der Waals surface area contributed by atoms with Crippen LogP contribution in [0.3, 0.4) is 0 Å². The van der Waals surface area contributed by atoms with Crippen molar-refractivity contribution in [3.05, 3.63) is 35.9 Å². The molecule has 1 aromatic rings. The van der Waals surface area contributed by atoms with Gasteiger partial charge in [-0.15, -0.1) is 0 Å². The monoisotopic (exact) mass is 234 g/mol. The smallest absolute Gasteiger partial charge is 0.330 e. The van der Waals surface area contributed by atoms with Crippen molar-refractivity contribution in [3.8, 4) is 5.75 Å². The number of carbonyl (C=O) groups excluding carboxylic acids is 2. The molecule has 0 aromatic heterocycles. The predicted molar refractivity (Wildman–Crippen MR) is 63.4 cm³/mol. The van der Waals surface area contributed by atoms with Gasteiger partial charge in [0.05, 0.1) is 6.61 Å². The maximum Gasteiger partial charge on any atom is 0.330 e. The molecule has 1 aromatic carbocycles. The topological polar surface area (TPSA) is 52.6 Å². The molecule has 0 unspecified atom stereocenters. The second kappa shape index (κ2) is 6.48. The molecule has 4 nitrogen and oxygen atoms in total. The molecule has 0 radical (unpaired) electrons. The number of rotatable bonds is 4. The van der Waals surface area contributed by atoms with E-state index < -0.39 is 5.97 Å². The van der Waals surface area contributed by atoms with Crippen molar-refractivity contribution >= 4 is 18.0 Å². The van der Waals surface area contributed by atoms with Crippen LogP contribution in [0.5, 0.6) is 5.75 Å². The van der Waals surface area contributed by atoms with Crippen molar-refractivity contribution in [1.29, 1.82) is 0 Å². The lowest BCUT2D eigenvalue weighted by Crippen LogP contribution is -2.01. The normalized spacial score (nSPS) is 10.2. The molecule has 1 rings (SSSR count). The minimum absolute atomic E-state index is 0.344. The summed E-state index contributed by atoms with van der Waals surface area (Å²) in [6.07, 6.45) is 2.93. The molecule has 4 heteroatoms. The van der Waals surface area contributed by atoms with Gasteiger partial charge in [-0.2, -0.15) is 0 Å². The van der Waals surface area contributed by atoms with Gasteiger partial charge >= 0.3 is 11.9 Å². The predicted octanol–water partition coefficient (Wildman–Crippen LogP) is 2.19. The van der Waals surface area contributed by atoms with Gasteiger partial charge in [0.15, 0.2) is 0 Å². The highest BCUT2D eigenvalue weighted by molar-refractivity contribution is 5.87. The van der Waals surface area contributed by atoms with Gasteiger partial charge in [0.2, 0.25) is 0 Å². The molecule has 0 N–H and O–H groups in total. The Hall–Kier alpha value is -2.10. The van der Waals surface area contributed by atoms with Gasteiger partial charge < -0.3 is 9.47 Å². The molecule has 0 aliphatic heterocycles. The van der Waals surface area contributed by atoms with Crippen LogP contribution >= 0.6 is 0 Å². The second-order valence-corrected chi connectivity index (χ2v) is 3.25. The number of hydrogen-bond donors (Lipinski definition) is 0. The fourth-order valence-corrected chi connectivity index (χ4v) is 1.20. The molecule has 0 aliphatic carbocycles. The van der Waals surface area contributed by atoms with Crippen LogP contribution in [0.1, 0.15) is 19.4 Å². The van der Waals surface area contributed by atoms with Crippen LogP contribution in [-0.4, -0.2) is 18.5 Å². The zero-order chi connectivity index (χ0) is 12.7. The van der Waals surface area contributed by atoms with Gasteiger partial charge in [0.25, 0.3) is 0 Å². The van der Waals surface area contributed by atoms with E-state index >= 15 is 0 Å². The van der Waals surface area contributed by atoms with Crippen molar-refractivity contribution < 1.29 is 19.1 Å². The first-order chi connectivity index (χ1) is 8.11. The third-order valence-corrected chi connectivity index (χ3v) is 1.82. The van der Waals surface area contributed by atoms with E-state index in [4.69, 9.17) is 9.47 Å². The lowest BCUT2D eigenvalue weighted by Gasteiger charge is -2.01. The van der Waals surface area contributed by atoms with E-state index in [-0.39, 0.29) is 5.97 Å². The largest absolute Gasteiger partial charge is 0.463 e. The summed E-state index contributed by atoms with van der Waals surface area (Å²) in [7, 11) is 0. The van der Waals surface area contributed by atoms with Gasteiger partial charge in [-0.1, -0.05) is 12.1 Å². The molecule has 0 saturated heterocycles. The Morgan fingerprint density at radius 1 is 1.35 bits per heavy atom. The first-order valence-electron chi connectivity index (χ1n) is 5.25. The van der Waals surface area contributed by atoms with E-state index in [1.807, 2.05) is 0 Å². The van der Waals surface area contributed by atoms with Crippen molar-refractivity contribution in [1.82, 2.24) is 0 Å². The van der Waals surface area contributed by atoms with Crippen LogP contribution in [0.2, 0.25) is 0 Å². The molecular weight excluding hydrogens is 220 g/mol. The van der Waals surface area contributed by atoms with Gasteiger partial charge in [-0.3, -0.25) is 4.79 Å². The van der Waals surface area contributed by atoms with Crippen LogP contribution in [0.25, 0.3) is 6.08 Å². The fraction of sp³-hybridized carbons (Fsp3) is 0.231. The Morgan fingerprint density at radius 3 is 2.76 bits per heavy atom. The Bertz CT molecular complexity index is 435. The van der Waals surface area contributed by atoms with Crippen LogP contribution in [0, 0.1) is 0 Å². The van der Waals surface area contributed by atoms with Gasteiger partial charge in [0.1, 0.15) is 5.75 Å². The summed E-state index contributed by atoms with van der Waals surface area (Å²) in [5.41, 5.74) is 0.761. The summed E-state index contributed by atoms with van der Waals surface area (Å²) in [4.78, 5) is 21.8. The standard InChI is InChI=1S/C13H14O4/c1-3-16-13(15)8-7-11-5-4-6-12(9-11)17-10(2)14/h4-9H,3H2,1-2H3/b8-7+. The number of hydrogen-bond acceptors (Lipinski definition) is 4. The maximum atomic E-state index is 11.1. The average molecular weight is 234 g/mol. The van der Waals surface area contributed by atoms with Crippen LogP contribution in [-0.2, 0) is 14.3 Å². The molecule has 90 valence electrons. The molecule has 0 heterocycles. The Morgan fingerprint density at radius 2 is 2.12 bits per heavy atom. The fourth-order valence-electron chi connectivity index (χ4n) is 1.20. The SMILES string of the molecule is CCOC(=O)/C=C/c1cccc(OC(C)=O)c1. The van der Waals surface area contributed by atoms with Crippen LogP contribution < -0.4 is 4.74 Å². The Balaban J connectivity index is 2.71. The third kappa shape index (κ3) is 4.97. The summed E-state index contributed by atoms with van der Waals surface area (Å²) >= 11 is 0. The maximum absolute atomic E-state index is 11.1. The second-order valence-electron chi connectivity index (χ2n) is 3.25. The molecule has 0 spiro atoms. The van der Waals surface area contributed by atoms with E-state index in [1.54, 1.807) is 37.3 Å². The number of benzene rings is 1. The van der Waals surface area contributed by atoms with E-state index in [0.29, 0.717) is 12.4 Å². The zero-order valence-electron chi connectivity index (χ0n) is 9.80. The molecule has 0 aliphatic rings.